The molecule has 30 heavy (non-hydrogen) atoms. The Kier molecular flexibility index (Phi) is 11.9. The van der Waals surface area contributed by atoms with Crippen LogP contribution in [0.1, 0.15) is 71.9 Å². The molecule has 0 aromatic heterocycles. The van der Waals surface area contributed by atoms with Crippen molar-refractivity contribution in [3.8, 4) is 11.1 Å². The van der Waals surface area contributed by atoms with Gasteiger partial charge in [-0.05, 0) is 47.4 Å². The predicted octanol–water partition coefficient (Wildman–Crippen LogP) is 8.66. The lowest BCUT2D eigenvalue weighted by Gasteiger charge is -2.36. The summed E-state index contributed by atoms with van der Waals surface area (Å²) in [6, 6.07) is 18.1. The zero-order valence-electron chi connectivity index (χ0n) is 20.2. The van der Waals surface area contributed by atoms with Gasteiger partial charge in [0.05, 0.1) is 0 Å². The number of unbranched alkanes of at least 4 members (excludes halogenated alkanes) is 1. The summed E-state index contributed by atoms with van der Waals surface area (Å²) in [7, 11) is 0. The SMILES string of the molecule is C=CC(C(C)C)N(Cc1ccc(-c2ccccc2CC)cc1)C(=C)CCCC.CC. The third-order valence-corrected chi connectivity index (χ3v) is 5.53. The fraction of sp³-hybridized carbons (Fsp3) is 0.448. The Morgan fingerprint density at radius 3 is 2.17 bits per heavy atom. The summed E-state index contributed by atoms with van der Waals surface area (Å²) in [5.41, 5.74) is 6.58. The molecule has 0 heterocycles. The van der Waals surface area contributed by atoms with Gasteiger partial charge in [0, 0.05) is 18.3 Å². The molecule has 0 saturated carbocycles. The van der Waals surface area contributed by atoms with E-state index in [9.17, 15) is 0 Å². The Bertz CT molecular complexity index is 754. The molecule has 0 radical (unpaired) electrons. The number of rotatable bonds is 11. The number of benzene rings is 2. The van der Waals surface area contributed by atoms with E-state index in [2.05, 4.69) is 100 Å². The molecule has 2 aromatic carbocycles. The lowest BCUT2D eigenvalue weighted by molar-refractivity contribution is 0.227. The molecule has 0 aliphatic rings. The summed E-state index contributed by atoms with van der Waals surface area (Å²) in [5.74, 6) is 0.506. The normalized spacial score (nSPS) is 11.4. The Morgan fingerprint density at radius 2 is 1.63 bits per heavy atom. The van der Waals surface area contributed by atoms with Crippen LogP contribution in [-0.2, 0) is 13.0 Å². The van der Waals surface area contributed by atoms with Crippen LogP contribution >= 0.6 is 0 Å². The molecule has 0 saturated heterocycles. The van der Waals surface area contributed by atoms with E-state index in [1.54, 1.807) is 0 Å². The molecular formula is C29H43N. The largest absolute Gasteiger partial charge is 0.364 e. The lowest BCUT2D eigenvalue weighted by Crippen LogP contribution is -2.36. The van der Waals surface area contributed by atoms with Crippen molar-refractivity contribution in [1.82, 2.24) is 4.90 Å². The molecule has 0 aliphatic carbocycles. The quantitative estimate of drug-likeness (QED) is 0.338. The van der Waals surface area contributed by atoms with Crippen molar-refractivity contribution < 1.29 is 0 Å². The van der Waals surface area contributed by atoms with Gasteiger partial charge in [0.15, 0.2) is 0 Å². The topological polar surface area (TPSA) is 3.24 Å². The first kappa shape index (κ1) is 25.8. The monoisotopic (exact) mass is 405 g/mol. The van der Waals surface area contributed by atoms with E-state index in [1.807, 2.05) is 13.8 Å². The maximum absolute atomic E-state index is 4.41. The number of aryl methyl sites for hydroxylation is 1. The van der Waals surface area contributed by atoms with E-state index in [-0.39, 0.29) is 0 Å². The Morgan fingerprint density at radius 1 is 1.00 bits per heavy atom. The van der Waals surface area contributed by atoms with Crippen LogP contribution in [0, 0.1) is 5.92 Å². The molecular weight excluding hydrogens is 362 g/mol. The minimum absolute atomic E-state index is 0.310. The van der Waals surface area contributed by atoms with Crippen molar-refractivity contribution >= 4 is 0 Å². The van der Waals surface area contributed by atoms with E-state index in [0.717, 1.165) is 19.4 Å². The average Bonchev–Trinajstić information content (AvgIpc) is 2.78. The summed E-state index contributed by atoms with van der Waals surface area (Å²) in [6.45, 7) is 22.4. The number of hydrogen-bond donors (Lipinski definition) is 0. The maximum atomic E-state index is 4.41. The second-order valence-electron chi connectivity index (χ2n) is 7.98. The van der Waals surface area contributed by atoms with Gasteiger partial charge >= 0.3 is 0 Å². The number of allylic oxidation sites excluding steroid dienone is 1. The minimum atomic E-state index is 0.310. The van der Waals surface area contributed by atoms with Gasteiger partial charge < -0.3 is 4.90 Å². The van der Waals surface area contributed by atoms with E-state index in [4.69, 9.17) is 0 Å². The predicted molar refractivity (Wildman–Crippen MR) is 136 cm³/mol. The van der Waals surface area contributed by atoms with Gasteiger partial charge in [-0.2, -0.15) is 0 Å². The first-order valence-electron chi connectivity index (χ1n) is 11.8. The fourth-order valence-electron chi connectivity index (χ4n) is 3.81. The molecule has 0 amide bonds. The van der Waals surface area contributed by atoms with E-state index in [1.165, 1.54) is 40.8 Å². The standard InChI is InChI=1S/C27H37N.C2H6/c1-7-10-13-22(6)28(27(9-3)21(4)5)20-23-16-18-25(19-17-23)26-15-12-11-14-24(26)8-2;1-2/h9,11-12,14-19,21,27H,3,6-8,10,13,20H2,1-2,4-5H3;1-2H3. The molecule has 1 heteroatoms. The van der Waals surface area contributed by atoms with Crippen LogP contribution in [0.25, 0.3) is 11.1 Å². The van der Waals surface area contributed by atoms with E-state index < -0.39 is 0 Å². The van der Waals surface area contributed by atoms with Gasteiger partial charge in [0.2, 0.25) is 0 Å². The molecule has 1 unspecified atom stereocenters. The van der Waals surface area contributed by atoms with Crippen LogP contribution in [0.4, 0.5) is 0 Å². The number of nitrogens with zero attached hydrogens (tertiary/aromatic N) is 1. The summed E-state index contributed by atoms with van der Waals surface area (Å²) in [6.07, 6.45) is 6.56. The lowest BCUT2D eigenvalue weighted by atomic mass is 9.96. The van der Waals surface area contributed by atoms with E-state index >= 15 is 0 Å². The van der Waals surface area contributed by atoms with Crippen molar-refractivity contribution in [3.63, 3.8) is 0 Å². The Balaban J connectivity index is 0.00000218. The second-order valence-corrected chi connectivity index (χ2v) is 7.98. The van der Waals surface area contributed by atoms with Gasteiger partial charge in [-0.1, -0.05) is 109 Å². The molecule has 1 nitrogen and oxygen atoms in total. The smallest absolute Gasteiger partial charge is 0.0493 e. The third-order valence-electron chi connectivity index (χ3n) is 5.53. The maximum Gasteiger partial charge on any atom is 0.0493 e. The van der Waals surface area contributed by atoms with Crippen molar-refractivity contribution in [2.45, 2.75) is 79.8 Å². The highest BCUT2D eigenvalue weighted by Crippen LogP contribution is 2.27. The molecule has 164 valence electrons. The van der Waals surface area contributed by atoms with Crippen LogP contribution < -0.4 is 0 Å². The molecule has 2 rings (SSSR count). The van der Waals surface area contributed by atoms with Crippen molar-refractivity contribution in [1.29, 1.82) is 0 Å². The first-order valence-corrected chi connectivity index (χ1v) is 11.8. The molecule has 0 aliphatic heterocycles. The van der Waals surface area contributed by atoms with Crippen molar-refractivity contribution in [2.75, 3.05) is 0 Å². The van der Waals surface area contributed by atoms with E-state index in [0.29, 0.717) is 12.0 Å². The van der Waals surface area contributed by atoms with Crippen LogP contribution in [0.15, 0.2) is 73.5 Å². The highest BCUT2D eigenvalue weighted by atomic mass is 15.2. The van der Waals surface area contributed by atoms with Gasteiger partial charge in [-0.15, -0.1) is 6.58 Å². The minimum Gasteiger partial charge on any atom is -0.364 e. The number of hydrogen-bond acceptors (Lipinski definition) is 1. The Hall–Kier alpha value is -2.28. The van der Waals surface area contributed by atoms with Gasteiger partial charge in [-0.25, -0.2) is 0 Å². The van der Waals surface area contributed by atoms with Gasteiger partial charge in [0.1, 0.15) is 0 Å². The van der Waals surface area contributed by atoms with Gasteiger partial charge in [-0.3, -0.25) is 0 Å². The van der Waals surface area contributed by atoms with Crippen molar-refractivity contribution in [2.24, 2.45) is 5.92 Å². The molecule has 0 spiro atoms. The highest BCUT2D eigenvalue weighted by molar-refractivity contribution is 5.67. The summed E-state index contributed by atoms with van der Waals surface area (Å²) in [5, 5.41) is 0. The van der Waals surface area contributed by atoms with Gasteiger partial charge in [0.25, 0.3) is 0 Å². The molecule has 0 bridgehead atoms. The second kappa shape index (κ2) is 13.9. The zero-order chi connectivity index (χ0) is 22.5. The fourth-order valence-corrected chi connectivity index (χ4v) is 3.81. The summed E-state index contributed by atoms with van der Waals surface area (Å²) in [4.78, 5) is 2.45. The average molecular weight is 406 g/mol. The zero-order valence-corrected chi connectivity index (χ0v) is 20.2. The van der Waals surface area contributed by atoms with Crippen LogP contribution in [0.5, 0.6) is 0 Å². The summed E-state index contributed by atoms with van der Waals surface area (Å²) < 4.78 is 0. The first-order chi connectivity index (χ1) is 14.5. The van der Waals surface area contributed by atoms with Crippen LogP contribution in [0.3, 0.4) is 0 Å². The molecule has 2 aromatic rings. The molecule has 1 atom stereocenters. The third kappa shape index (κ3) is 7.20. The summed E-state index contributed by atoms with van der Waals surface area (Å²) >= 11 is 0. The highest BCUT2D eigenvalue weighted by Gasteiger charge is 2.20. The molecule has 0 fully saturated rings. The Labute approximate surface area is 186 Å². The van der Waals surface area contributed by atoms with Crippen LogP contribution in [0.2, 0.25) is 0 Å². The van der Waals surface area contributed by atoms with Crippen molar-refractivity contribution in [3.05, 3.63) is 84.6 Å². The molecule has 0 N–H and O–H groups in total. The van der Waals surface area contributed by atoms with Crippen LogP contribution in [-0.4, -0.2) is 10.9 Å².